The van der Waals surface area contributed by atoms with E-state index in [9.17, 15) is 0 Å². The summed E-state index contributed by atoms with van der Waals surface area (Å²) in [7, 11) is 0. The molecule has 160 valence electrons. The molecule has 0 aliphatic rings. The van der Waals surface area contributed by atoms with E-state index in [2.05, 4.69) is 0 Å². The summed E-state index contributed by atoms with van der Waals surface area (Å²) in [6.07, 6.45) is 0. The van der Waals surface area contributed by atoms with E-state index in [1.165, 1.54) is 12.1 Å². The second kappa shape index (κ2) is 11.5. The number of benzene rings is 2. The largest absolute Gasteiger partial charge is 0.191 e. The summed E-state index contributed by atoms with van der Waals surface area (Å²) in [5.74, 6) is 0. The minimum Gasteiger partial charge on any atom is -0.191 e. The number of hydrogen-bond acceptors (Lipinski definition) is 3. The van der Waals surface area contributed by atoms with Gasteiger partial charge in [0.05, 0.1) is 40.2 Å². The molecule has 0 spiro atoms. The zero-order valence-electron chi connectivity index (χ0n) is 14.2. The van der Waals surface area contributed by atoms with Crippen LogP contribution in [0.15, 0.2) is 32.0 Å². The summed E-state index contributed by atoms with van der Waals surface area (Å²) in [6, 6.07) is 6.32. The van der Waals surface area contributed by atoms with Crippen LogP contribution in [0.3, 0.4) is 0 Å². The molecule has 0 aliphatic carbocycles. The van der Waals surface area contributed by atoms with Gasteiger partial charge in [0.2, 0.25) is 0 Å². The van der Waals surface area contributed by atoms with E-state index in [-0.39, 0.29) is 61.4 Å². The van der Waals surface area contributed by atoms with Gasteiger partial charge in [-0.1, -0.05) is 128 Å². The van der Waals surface area contributed by atoms with Crippen LogP contribution in [-0.2, 0) is 0 Å². The number of rotatable bonds is 4. The lowest BCUT2D eigenvalue weighted by atomic mass is 10.2. The van der Waals surface area contributed by atoms with Crippen LogP contribution in [0.25, 0.3) is 10.1 Å². The van der Waals surface area contributed by atoms with Gasteiger partial charge in [0, 0.05) is 20.9 Å². The first-order valence-corrected chi connectivity index (χ1v) is 12.0. The Hall–Kier alpha value is 0.150. The molecule has 0 heterocycles. The summed E-state index contributed by atoms with van der Waals surface area (Å²) >= 11 is 62.8. The summed E-state index contributed by atoms with van der Waals surface area (Å²) in [5.41, 5.74) is 0.127. The molecule has 0 fully saturated rings. The number of hydrogen-bond donors (Lipinski definition) is 0. The van der Waals surface area contributed by atoms with Crippen molar-refractivity contribution in [3.8, 4) is 12.1 Å². The van der Waals surface area contributed by atoms with Crippen LogP contribution in [0.1, 0.15) is 11.1 Å². The van der Waals surface area contributed by atoms with Gasteiger partial charge in [0.15, 0.2) is 0 Å². The molecule has 13 heteroatoms. The second-order valence-corrected chi connectivity index (χ2v) is 10.2. The molecule has 2 aromatic carbocycles. The van der Waals surface area contributed by atoms with Crippen LogP contribution in [0.5, 0.6) is 0 Å². The number of halogens is 10. The van der Waals surface area contributed by atoms with Crippen LogP contribution in [0, 0.1) is 22.7 Å². The fourth-order valence-corrected chi connectivity index (χ4v) is 5.79. The fourth-order valence-electron chi connectivity index (χ4n) is 2.13. The molecule has 0 saturated carbocycles. The lowest BCUT2D eigenvalue weighted by Crippen LogP contribution is -1.92. The molecule has 2 nitrogen and oxygen atoms in total. The summed E-state index contributed by atoms with van der Waals surface area (Å²) < 4.78 is 0. The van der Waals surface area contributed by atoms with Crippen molar-refractivity contribution in [3.63, 3.8) is 0 Å². The van der Waals surface area contributed by atoms with E-state index in [0.717, 1.165) is 11.8 Å². The Bertz CT molecular complexity index is 1140. The van der Waals surface area contributed by atoms with E-state index < -0.39 is 0 Å². The van der Waals surface area contributed by atoms with Gasteiger partial charge in [-0.3, -0.25) is 0 Å². The van der Waals surface area contributed by atoms with Gasteiger partial charge in [-0.05, 0) is 12.1 Å². The molecule has 0 radical (unpaired) electrons. The molecular formula is C18H2Cl10N2S. The smallest absolute Gasteiger partial charge is 0.137 e. The highest BCUT2D eigenvalue weighted by atomic mass is 35.5. The summed E-state index contributed by atoms with van der Waals surface area (Å²) in [6.45, 7) is 0. The van der Waals surface area contributed by atoms with E-state index in [1.54, 1.807) is 12.1 Å². The average molecular weight is 633 g/mol. The van der Waals surface area contributed by atoms with Gasteiger partial charge < -0.3 is 0 Å². The van der Waals surface area contributed by atoms with Crippen molar-refractivity contribution >= 4 is 138 Å². The molecule has 0 saturated heterocycles. The van der Waals surface area contributed by atoms with Gasteiger partial charge in [-0.15, -0.1) is 0 Å². The first kappa shape index (κ1) is 27.4. The predicted molar refractivity (Wildman–Crippen MR) is 136 cm³/mol. The van der Waals surface area contributed by atoms with Crippen LogP contribution in [0.4, 0.5) is 0 Å². The SMILES string of the molecule is N#CC(Cl)=C(Cl)c1c(Cl)c(Cl)cc(Sc2cc(Cl)c(Cl)c(C(Cl)=C(Cl)C#N)c2Cl)c1Cl. The minimum atomic E-state index is -0.332. The van der Waals surface area contributed by atoms with E-state index in [4.69, 9.17) is 127 Å². The molecule has 0 amide bonds. The van der Waals surface area contributed by atoms with E-state index in [0.29, 0.717) is 9.79 Å². The molecule has 0 aliphatic heterocycles. The van der Waals surface area contributed by atoms with Crippen molar-refractivity contribution in [3.05, 3.63) is 63.5 Å². The molecule has 0 atom stereocenters. The maximum atomic E-state index is 9.02. The topological polar surface area (TPSA) is 47.6 Å². The van der Waals surface area contributed by atoms with Crippen LogP contribution in [0.2, 0.25) is 30.1 Å². The van der Waals surface area contributed by atoms with Crippen molar-refractivity contribution in [2.75, 3.05) is 0 Å². The third kappa shape index (κ3) is 5.81. The Morgan fingerprint density at radius 2 is 0.935 bits per heavy atom. The average Bonchev–Trinajstić information content (AvgIpc) is 2.74. The van der Waals surface area contributed by atoms with Gasteiger partial charge in [-0.2, -0.15) is 10.5 Å². The highest BCUT2D eigenvalue weighted by Gasteiger charge is 2.24. The first-order chi connectivity index (χ1) is 14.5. The maximum absolute atomic E-state index is 9.02. The van der Waals surface area contributed by atoms with Crippen LogP contribution < -0.4 is 0 Å². The van der Waals surface area contributed by atoms with E-state index >= 15 is 0 Å². The zero-order valence-corrected chi connectivity index (χ0v) is 22.6. The number of allylic oxidation sites excluding steroid dienone is 2. The van der Waals surface area contributed by atoms with Gasteiger partial charge in [0.25, 0.3) is 0 Å². The Balaban J connectivity index is 2.77. The summed E-state index contributed by atoms with van der Waals surface area (Å²) in [5, 5.41) is 17.3. The van der Waals surface area contributed by atoms with Crippen molar-refractivity contribution < 1.29 is 0 Å². The normalized spacial score (nSPS) is 12.6. The molecule has 2 rings (SSSR count). The third-order valence-electron chi connectivity index (χ3n) is 3.49. The van der Waals surface area contributed by atoms with Crippen molar-refractivity contribution in [1.82, 2.24) is 0 Å². The van der Waals surface area contributed by atoms with Crippen LogP contribution >= 0.6 is 128 Å². The molecule has 0 aromatic heterocycles. The number of nitrogens with zero attached hydrogens (tertiary/aromatic N) is 2. The van der Waals surface area contributed by atoms with Gasteiger partial charge in [0.1, 0.15) is 22.2 Å². The van der Waals surface area contributed by atoms with Gasteiger partial charge in [-0.25, -0.2) is 0 Å². The highest BCUT2D eigenvalue weighted by Crippen LogP contribution is 2.50. The first-order valence-electron chi connectivity index (χ1n) is 7.40. The zero-order chi connectivity index (χ0) is 23.6. The Morgan fingerprint density at radius 3 is 1.23 bits per heavy atom. The standard InChI is InChI=1S/C18H2Cl10N2S/c19-5-1-9(17(27)11(13(5)23)15(25)7(21)3-29)31-10-2-6(20)14(24)12(18(10)28)16(26)8(22)4-30/h1-2H. The lowest BCUT2D eigenvalue weighted by Gasteiger charge is -2.16. The van der Waals surface area contributed by atoms with Gasteiger partial charge >= 0.3 is 0 Å². The quantitative estimate of drug-likeness (QED) is 0.249. The predicted octanol–water partition coefficient (Wildman–Crippen LogP) is 11.1. The summed E-state index contributed by atoms with van der Waals surface area (Å²) in [4.78, 5) is 0.702. The lowest BCUT2D eigenvalue weighted by molar-refractivity contribution is 1.38. The Labute approximate surface area is 231 Å². The molecule has 0 bridgehead atoms. The van der Waals surface area contributed by atoms with Crippen LogP contribution in [-0.4, -0.2) is 0 Å². The monoisotopic (exact) mass is 628 g/mol. The third-order valence-corrected chi connectivity index (χ3v) is 8.65. The minimum absolute atomic E-state index is 0.00196. The molecule has 31 heavy (non-hydrogen) atoms. The van der Waals surface area contributed by atoms with E-state index in [1.807, 2.05) is 0 Å². The van der Waals surface area contributed by atoms with Crippen molar-refractivity contribution in [2.45, 2.75) is 9.79 Å². The highest BCUT2D eigenvalue weighted by molar-refractivity contribution is 7.99. The van der Waals surface area contributed by atoms with Crippen molar-refractivity contribution in [1.29, 1.82) is 10.5 Å². The Kier molecular flexibility index (Phi) is 10.2. The molecule has 0 N–H and O–H groups in total. The molecule has 2 aromatic rings. The number of nitriles is 2. The second-order valence-electron chi connectivity index (χ2n) is 5.30. The Morgan fingerprint density at radius 1 is 0.613 bits per heavy atom. The molecular weight excluding hydrogens is 631 g/mol. The molecule has 0 unspecified atom stereocenters. The maximum Gasteiger partial charge on any atom is 0.137 e. The van der Waals surface area contributed by atoms with Crippen molar-refractivity contribution in [2.24, 2.45) is 0 Å². The fraction of sp³-hybridized carbons (Fsp3) is 0.